The van der Waals surface area contributed by atoms with Gasteiger partial charge in [-0.2, -0.15) is 0 Å². The van der Waals surface area contributed by atoms with Crippen LogP contribution in [0.3, 0.4) is 0 Å². The molecule has 1 saturated heterocycles. The Balaban J connectivity index is 2.26. The molecule has 1 aliphatic rings. The molecule has 1 fully saturated rings. The van der Waals surface area contributed by atoms with Crippen molar-refractivity contribution in [2.75, 3.05) is 13.1 Å². The average molecular weight is 205 g/mol. The second-order valence-corrected chi connectivity index (χ2v) is 4.46. The van der Waals surface area contributed by atoms with Gasteiger partial charge in [0.15, 0.2) is 0 Å². The fraction of sp³-hybridized carbons (Fsp3) is 1.00. The Morgan fingerprint density at radius 3 is 2.38 bits per heavy atom. The van der Waals surface area contributed by atoms with E-state index in [2.05, 4.69) is 23.5 Å². The molecule has 0 saturated carbocycles. The SMILES string of the molecule is CC(C)N1CCC(NS(=O)[O-])CC1. The molecule has 1 unspecified atom stereocenters. The van der Waals surface area contributed by atoms with Crippen LogP contribution in [0.1, 0.15) is 26.7 Å². The summed E-state index contributed by atoms with van der Waals surface area (Å²) in [5.74, 6) is 0. The van der Waals surface area contributed by atoms with E-state index in [9.17, 15) is 8.76 Å². The molecule has 1 atom stereocenters. The quantitative estimate of drug-likeness (QED) is 0.672. The number of nitrogens with zero attached hydrogens (tertiary/aromatic N) is 1. The molecule has 0 bridgehead atoms. The number of nitrogens with one attached hydrogen (secondary N) is 1. The average Bonchev–Trinajstić information content (AvgIpc) is 2.04. The standard InChI is InChI=1S/C8H18N2O2S/c1-7(2)10-5-3-8(4-6-10)9-13(11)12/h7-9H,3-6H2,1-2H3,(H,11,12)/p-1. The molecule has 1 heterocycles. The van der Waals surface area contributed by atoms with E-state index in [0.717, 1.165) is 25.9 Å². The van der Waals surface area contributed by atoms with E-state index in [0.29, 0.717) is 6.04 Å². The van der Waals surface area contributed by atoms with Crippen LogP contribution >= 0.6 is 0 Å². The van der Waals surface area contributed by atoms with E-state index < -0.39 is 11.3 Å². The molecule has 4 nitrogen and oxygen atoms in total. The maximum atomic E-state index is 10.4. The van der Waals surface area contributed by atoms with Crippen LogP contribution in [0, 0.1) is 0 Å². The lowest BCUT2D eigenvalue weighted by Crippen LogP contribution is -2.45. The summed E-state index contributed by atoms with van der Waals surface area (Å²) in [6, 6.07) is 0.715. The van der Waals surface area contributed by atoms with Gasteiger partial charge < -0.3 is 9.45 Å². The Morgan fingerprint density at radius 1 is 1.46 bits per heavy atom. The van der Waals surface area contributed by atoms with Gasteiger partial charge in [-0.25, -0.2) is 4.72 Å². The predicted octanol–water partition coefficient (Wildman–Crippen LogP) is 0.243. The first-order chi connectivity index (χ1) is 6.09. The summed E-state index contributed by atoms with van der Waals surface area (Å²) in [6.45, 7) is 6.32. The van der Waals surface area contributed by atoms with Gasteiger partial charge in [0.2, 0.25) is 0 Å². The molecule has 0 radical (unpaired) electrons. The first-order valence-corrected chi connectivity index (χ1v) is 5.76. The highest BCUT2D eigenvalue weighted by molar-refractivity contribution is 7.77. The summed E-state index contributed by atoms with van der Waals surface area (Å²) in [5, 5.41) is 0. The van der Waals surface area contributed by atoms with Crippen molar-refractivity contribution in [3.8, 4) is 0 Å². The van der Waals surface area contributed by atoms with E-state index in [-0.39, 0.29) is 6.04 Å². The molecule has 0 spiro atoms. The minimum Gasteiger partial charge on any atom is -0.760 e. The summed E-state index contributed by atoms with van der Waals surface area (Å²) >= 11 is -2.10. The van der Waals surface area contributed by atoms with Crippen molar-refractivity contribution in [1.82, 2.24) is 9.62 Å². The predicted molar refractivity (Wildman–Crippen MR) is 51.8 cm³/mol. The zero-order valence-electron chi connectivity index (χ0n) is 8.16. The largest absolute Gasteiger partial charge is 0.760 e. The van der Waals surface area contributed by atoms with Crippen LogP contribution in [0.4, 0.5) is 0 Å². The molecule has 78 valence electrons. The van der Waals surface area contributed by atoms with Gasteiger partial charge in [-0.1, -0.05) is 0 Å². The van der Waals surface area contributed by atoms with Crippen LogP contribution in [0.5, 0.6) is 0 Å². The highest BCUT2D eigenvalue weighted by Crippen LogP contribution is 2.12. The van der Waals surface area contributed by atoms with Crippen LogP contribution in [-0.4, -0.2) is 38.8 Å². The van der Waals surface area contributed by atoms with E-state index in [1.165, 1.54) is 0 Å². The molecule has 0 aromatic rings. The fourth-order valence-corrected chi connectivity index (χ4v) is 2.18. The molecule has 0 amide bonds. The Kier molecular flexibility index (Phi) is 4.31. The van der Waals surface area contributed by atoms with Crippen molar-refractivity contribution in [2.45, 2.75) is 38.8 Å². The number of likely N-dealkylation sites (tertiary alicyclic amines) is 1. The van der Waals surface area contributed by atoms with Gasteiger partial charge in [-0.05, 0) is 39.8 Å². The van der Waals surface area contributed by atoms with Crippen molar-refractivity contribution < 1.29 is 8.76 Å². The third-order valence-electron chi connectivity index (χ3n) is 2.52. The van der Waals surface area contributed by atoms with Gasteiger partial charge in [0, 0.05) is 23.4 Å². The van der Waals surface area contributed by atoms with Gasteiger partial charge in [-0.15, -0.1) is 0 Å². The van der Waals surface area contributed by atoms with Crippen LogP contribution in [0.2, 0.25) is 0 Å². The summed E-state index contributed by atoms with van der Waals surface area (Å²) in [4.78, 5) is 2.37. The molecule has 13 heavy (non-hydrogen) atoms. The third-order valence-corrected chi connectivity index (χ3v) is 3.05. The normalized spacial score (nSPS) is 23.7. The molecule has 5 heteroatoms. The van der Waals surface area contributed by atoms with Crippen molar-refractivity contribution in [3.05, 3.63) is 0 Å². The molecule has 1 rings (SSSR count). The van der Waals surface area contributed by atoms with Crippen molar-refractivity contribution in [1.29, 1.82) is 0 Å². The van der Waals surface area contributed by atoms with E-state index in [1.807, 2.05) is 0 Å². The maximum absolute atomic E-state index is 10.4. The number of hydrogen-bond donors (Lipinski definition) is 1. The Hall–Kier alpha value is 0.0300. The smallest absolute Gasteiger partial charge is 0.0208 e. The summed E-state index contributed by atoms with van der Waals surface area (Å²) in [5.41, 5.74) is 0. The minimum atomic E-state index is -2.10. The van der Waals surface area contributed by atoms with Crippen molar-refractivity contribution >= 4 is 11.3 Å². The highest BCUT2D eigenvalue weighted by Gasteiger charge is 2.20. The second-order valence-electron chi connectivity index (χ2n) is 3.76. The fourth-order valence-electron chi connectivity index (χ4n) is 1.67. The monoisotopic (exact) mass is 205 g/mol. The zero-order valence-corrected chi connectivity index (χ0v) is 8.97. The van der Waals surface area contributed by atoms with Crippen LogP contribution in [0.25, 0.3) is 0 Å². The summed E-state index contributed by atoms with van der Waals surface area (Å²) in [7, 11) is 0. The Bertz CT molecular complexity index is 179. The van der Waals surface area contributed by atoms with Gasteiger partial charge >= 0.3 is 0 Å². The van der Waals surface area contributed by atoms with Crippen LogP contribution in [-0.2, 0) is 11.3 Å². The highest BCUT2D eigenvalue weighted by atomic mass is 32.2. The van der Waals surface area contributed by atoms with Crippen molar-refractivity contribution in [3.63, 3.8) is 0 Å². The molecule has 0 aliphatic carbocycles. The van der Waals surface area contributed by atoms with Crippen LogP contribution in [0.15, 0.2) is 0 Å². The summed E-state index contributed by atoms with van der Waals surface area (Å²) in [6.07, 6.45) is 1.85. The lowest BCUT2D eigenvalue weighted by atomic mass is 10.1. The number of rotatable bonds is 3. The molecule has 1 aliphatic heterocycles. The molecule has 1 N–H and O–H groups in total. The Morgan fingerprint density at radius 2 is 2.00 bits per heavy atom. The topological polar surface area (TPSA) is 55.4 Å². The number of hydrogen-bond acceptors (Lipinski definition) is 3. The van der Waals surface area contributed by atoms with Gasteiger partial charge in [0.05, 0.1) is 0 Å². The van der Waals surface area contributed by atoms with Crippen molar-refractivity contribution in [2.24, 2.45) is 0 Å². The maximum Gasteiger partial charge on any atom is 0.0208 e. The first-order valence-electron chi connectivity index (χ1n) is 4.69. The molecular formula is C8H17N2O2S-. The van der Waals surface area contributed by atoms with E-state index in [4.69, 9.17) is 0 Å². The molecule has 0 aromatic carbocycles. The van der Waals surface area contributed by atoms with E-state index >= 15 is 0 Å². The van der Waals surface area contributed by atoms with Gasteiger partial charge in [0.1, 0.15) is 0 Å². The Labute approximate surface area is 82.1 Å². The molecule has 0 aromatic heterocycles. The number of piperidine rings is 1. The lowest BCUT2D eigenvalue weighted by molar-refractivity contribution is 0.168. The summed E-state index contributed by atoms with van der Waals surface area (Å²) < 4.78 is 23.2. The first kappa shape index (κ1) is 11.1. The van der Waals surface area contributed by atoms with E-state index in [1.54, 1.807) is 0 Å². The lowest BCUT2D eigenvalue weighted by Gasteiger charge is -2.35. The van der Waals surface area contributed by atoms with Crippen LogP contribution < -0.4 is 4.72 Å². The van der Waals surface area contributed by atoms with Gasteiger partial charge in [0.25, 0.3) is 0 Å². The zero-order chi connectivity index (χ0) is 9.84. The minimum absolute atomic E-state index is 0.147. The molecular weight excluding hydrogens is 188 g/mol. The van der Waals surface area contributed by atoms with Gasteiger partial charge in [-0.3, -0.25) is 4.21 Å². The third kappa shape index (κ3) is 3.72. The second kappa shape index (κ2) is 5.05.